The van der Waals surface area contributed by atoms with Gasteiger partial charge >= 0.3 is 0 Å². The van der Waals surface area contributed by atoms with Crippen molar-refractivity contribution in [1.82, 2.24) is 10.3 Å². The highest BCUT2D eigenvalue weighted by Crippen LogP contribution is 2.28. The zero-order valence-corrected chi connectivity index (χ0v) is 16.0. The predicted molar refractivity (Wildman–Crippen MR) is 108 cm³/mol. The van der Waals surface area contributed by atoms with Gasteiger partial charge in [0.2, 0.25) is 5.91 Å². The molecule has 0 aliphatic heterocycles. The van der Waals surface area contributed by atoms with Crippen LogP contribution in [-0.4, -0.2) is 29.8 Å². The molecule has 0 aliphatic rings. The number of carbonyl (C=O) groups excluding carboxylic acids is 1. The van der Waals surface area contributed by atoms with Crippen molar-refractivity contribution in [2.75, 3.05) is 18.9 Å². The third-order valence-electron chi connectivity index (χ3n) is 3.49. The Morgan fingerprint density at radius 1 is 1.19 bits per heavy atom. The first-order chi connectivity index (χ1) is 12.7. The summed E-state index contributed by atoms with van der Waals surface area (Å²) in [5.41, 5.74) is 2.05. The predicted octanol–water partition coefficient (Wildman–Crippen LogP) is 3.90. The van der Waals surface area contributed by atoms with E-state index in [2.05, 4.69) is 22.1 Å². The summed E-state index contributed by atoms with van der Waals surface area (Å²) in [4.78, 5) is 16.4. The van der Waals surface area contributed by atoms with Crippen molar-refractivity contribution in [2.24, 2.45) is 0 Å². The van der Waals surface area contributed by atoms with E-state index in [9.17, 15) is 4.79 Å². The van der Waals surface area contributed by atoms with Gasteiger partial charge in [-0.2, -0.15) is 0 Å². The van der Waals surface area contributed by atoms with E-state index in [0.717, 1.165) is 25.9 Å². The molecule has 3 aromatic rings. The van der Waals surface area contributed by atoms with Crippen LogP contribution in [0.15, 0.2) is 52.9 Å². The van der Waals surface area contributed by atoms with Gasteiger partial charge in [-0.15, -0.1) is 11.3 Å². The number of amides is 1. The number of para-hydroxylation sites is 2. The van der Waals surface area contributed by atoms with Crippen LogP contribution in [-0.2, 0) is 4.79 Å². The standard InChI is InChI=1S/C20H18N2O2S2/c1-15-8-2-4-10-17(15)24-13-7-6-12-21-19(23)14-25-20-22-16-9-3-5-11-18(16)26-20/h2-5,8-11H,12-14H2,1H3,(H,21,23). The zero-order valence-electron chi connectivity index (χ0n) is 14.3. The molecule has 2 aromatic carbocycles. The molecule has 0 aliphatic carbocycles. The summed E-state index contributed by atoms with van der Waals surface area (Å²) in [6.45, 7) is 2.61. The van der Waals surface area contributed by atoms with Gasteiger partial charge in [-0.05, 0) is 30.7 Å². The number of thiazole rings is 1. The number of rotatable bonds is 6. The molecule has 0 atom stereocenters. The van der Waals surface area contributed by atoms with E-state index < -0.39 is 0 Å². The first-order valence-electron chi connectivity index (χ1n) is 8.11. The van der Waals surface area contributed by atoms with Gasteiger partial charge in [0.15, 0.2) is 4.34 Å². The second kappa shape index (κ2) is 9.27. The van der Waals surface area contributed by atoms with E-state index in [1.54, 1.807) is 11.3 Å². The van der Waals surface area contributed by atoms with Gasteiger partial charge in [-0.25, -0.2) is 4.98 Å². The lowest BCUT2D eigenvalue weighted by Gasteiger charge is -2.04. The second-order valence-electron chi connectivity index (χ2n) is 5.42. The second-order valence-corrected chi connectivity index (χ2v) is 7.67. The molecule has 0 radical (unpaired) electrons. The average molecular weight is 383 g/mol. The lowest BCUT2D eigenvalue weighted by atomic mass is 10.2. The van der Waals surface area contributed by atoms with Gasteiger partial charge in [0.25, 0.3) is 0 Å². The molecule has 0 bridgehead atoms. The number of fused-ring (bicyclic) bond motifs is 1. The van der Waals surface area contributed by atoms with Crippen LogP contribution in [0.3, 0.4) is 0 Å². The van der Waals surface area contributed by atoms with Crippen molar-refractivity contribution in [3.05, 3.63) is 54.1 Å². The van der Waals surface area contributed by atoms with Gasteiger partial charge in [0.1, 0.15) is 12.4 Å². The van der Waals surface area contributed by atoms with Gasteiger partial charge < -0.3 is 10.1 Å². The molecular weight excluding hydrogens is 364 g/mol. The summed E-state index contributed by atoms with van der Waals surface area (Å²) in [6, 6.07) is 15.8. The third-order valence-corrected chi connectivity index (χ3v) is 5.67. The molecule has 6 heteroatoms. The monoisotopic (exact) mass is 382 g/mol. The highest BCUT2D eigenvalue weighted by atomic mass is 32.2. The molecule has 1 heterocycles. The number of aromatic nitrogens is 1. The topological polar surface area (TPSA) is 51.2 Å². The zero-order chi connectivity index (χ0) is 18.2. The summed E-state index contributed by atoms with van der Waals surface area (Å²) in [7, 11) is 0. The van der Waals surface area contributed by atoms with E-state index in [0.29, 0.717) is 18.9 Å². The summed E-state index contributed by atoms with van der Waals surface area (Å²) in [6.07, 6.45) is 0. The SMILES string of the molecule is Cc1ccccc1OCC#CCNC(=O)CSc1nc2ccccc2s1. The Bertz CT molecular complexity index is 924. The van der Waals surface area contributed by atoms with Crippen LogP contribution in [0.2, 0.25) is 0 Å². The lowest BCUT2D eigenvalue weighted by Crippen LogP contribution is -2.25. The molecule has 26 heavy (non-hydrogen) atoms. The van der Waals surface area contributed by atoms with E-state index >= 15 is 0 Å². The number of aryl methyl sites for hydroxylation is 1. The van der Waals surface area contributed by atoms with Crippen molar-refractivity contribution in [3.8, 4) is 17.6 Å². The molecule has 3 rings (SSSR count). The van der Waals surface area contributed by atoms with Crippen molar-refractivity contribution >= 4 is 39.2 Å². The number of ether oxygens (including phenoxy) is 1. The summed E-state index contributed by atoms with van der Waals surface area (Å²) >= 11 is 3.04. The number of benzene rings is 2. The van der Waals surface area contributed by atoms with E-state index in [-0.39, 0.29) is 5.91 Å². The molecule has 0 saturated heterocycles. The van der Waals surface area contributed by atoms with Crippen LogP contribution < -0.4 is 10.1 Å². The Kier molecular flexibility index (Phi) is 6.53. The molecule has 0 unspecified atom stereocenters. The number of carbonyl (C=O) groups is 1. The molecule has 1 N–H and O–H groups in total. The molecule has 4 nitrogen and oxygen atoms in total. The van der Waals surface area contributed by atoms with Gasteiger partial charge in [-0.1, -0.05) is 53.9 Å². The van der Waals surface area contributed by atoms with Crippen LogP contribution in [0.1, 0.15) is 5.56 Å². The first-order valence-corrected chi connectivity index (χ1v) is 9.92. The first kappa shape index (κ1) is 18.3. The third kappa shape index (κ3) is 5.25. The van der Waals surface area contributed by atoms with Crippen LogP contribution >= 0.6 is 23.1 Å². The molecule has 132 valence electrons. The average Bonchev–Trinajstić information content (AvgIpc) is 3.07. The Morgan fingerprint density at radius 2 is 2.00 bits per heavy atom. The maximum absolute atomic E-state index is 11.9. The van der Waals surface area contributed by atoms with Gasteiger partial charge in [0, 0.05) is 0 Å². The number of hydrogen-bond donors (Lipinski definition) is 1. The van der Waals surface area contributed by atoms with E-state index in [4.69, 9.17) is 4.74 Å². The highest BCUT2D eigenvalue weighted by molar-refractivity contribution is 8.01. The summed E-state index contributed by atoms with van der Waals surface area (Å²) in [5, 5.41) is 2.78. The van der Waals surface area contributed by atoms with Crippen LogP contribution in [0, 0.1) is 18.8 Å². The Hall–Kier alpha value is -2.49. The van der Waals surface area contributed by atoms with Crippen LogP contribution in [0.4, 0.5) is 0 Å². The number of nitrogens with one attached hydrogen (secondary N) is 1. The molecule has 0 saturated carbocycles. The Balaban J connectivity index is 1.36. The van der Waals surface area contributed by atoms with E-state index in [1.165, 1.54) is 11.8 Å². The quantitative estimate of drug-likeness (QED) is 0.519. The van der Waals surface area contributed by atoms with Crippen molar-refractivity contribution in [3.63, 3.8) is 0 Å². The molecular formula is C20H18N2O2S2. The minimum absolute atomic E-state index is 0.0524. The fourth-order valence-corrected chi connectivity index (χ4v) is 4.08. The van der Waals surface area contributed by atoms with Gasteiger partial charge in [-0.3, -0.25) is 4.79 Å². The molecule has 1 aromatic heterocycles. The number of nitrogens with zero attached hydrogens (tertiary/aromatic N) is 1. The van der Waals surface area contributed by atoms with E-state index in [1.807, 2.05) is 55.5 Å². The minimum Gasteiger partial charge on any atom is -0.481 e. The number of hydrogen-bond acceptors (Lipinski definition) is 5. The number of thioether (sulfide) groups is 1. The smallest absolute Gasteiger partial charge is 0.231 e. The normalized spacial score (nSPS) is 10.2. The minimum atomic E-state index is -0.0524. The fourth-order valence-electron chi connectivity index (χ4n) is 2.18. The molecule has 1 amide bonds. The molecule has 0 spiro atoms. The summed E-state index contributed by atoms with van der Waals surface area (Å²) in [5.74, 6) is 6.91. The van der Waals surface area contributed by atoms with Gasteiger partial charge in [0.05, 0.1) is 22.5 Å². The fraction of sp³-hybridized carbons (Fsp3) is 0.200. The Labute approximate surface area is 161 Å². The molecule has 0 fully saturated rings. The highest BCUT2D eigenvalue weighted by Gasteiger charge is 2.06. The van der Waals surface area contributed by atoms with Crippen molar-refractivity contribution in [1.29, 1.82) is 0 Å². The van der Waals surface area contributed by atoms with Crippen LogP contribution in [0.5, 0.6) is 5.75 Å². The maximum atomic E-state index is 11.9. The Morgan fingerprint density at radius 3 is 2.85 bits per heavy atom. The maximum Gasteiger partial charge on any atom is 0.231 e. The summed E-state index contributed by atoms with van der Waals surface area (Å²) < 4.78 is 7.62. The largest absolute Gasteiger partial charge is 0.481 e. The lowest BCUT2D eigenvalue weighted by molar-refractivity contribution is -0.118. The van der Waals surface area contributed by atoms with Crippen molar-refractivity contribution < 1.29 is 9.53 Å². The van der Waals surface area contributed by atoms with Crippen LogP contribution in [0.25, 0.3) is 10.2 Å². The van der Waals surface area contributed by atoms with Crippen molar-refractivity contribution in [2.45, 2.75) is 11.3 Å².